The zero-order chi connectivity index (χ0) is 19.4. The molecule has 0 radical (unpaired) electrons. The number of benzene rings is 1. The molecule has 0 unspecified atom stereocenters. The number of hydrogen-bond donors (Lipinski definition) is 3. The summed E-state index contributed by atoms with van der Waals surface area (Å²) in [6.45, 7) is -0.306. The first-order valence-corrected chi connectivity index (χ1v) is 7.40. The molecule has 1 amide bonds. The molecule has 1 aromatic carbocycles. The predicted octanol–water partition coefficient (Wildman–Crippen LogP) is -0.685. The van der Waals surface area contributed by atoms with Gasteiger partial charge in [-0.1, -0.05) is 18.2 Å². The second-order valence-corrected chi connectivity index (χ2v) is 5.34. The molecule has 130 valence electrons. The van der Waals surface area contributed by atoms with Crippen LogP contribution in [0.15, 0.2) is 47.4 Å². The van der Waals surface area contributed by atoms with E-state index >= 15 is 0 Å². The molecule has 2 aromatic rings. The smallest absolute Gasteiger partial charge is 0.352 e. The van der Waals surface area contributed by atoms with Crippen LogP contribution in [-0.4, -0.2) is 53.1 Å². The predicted molar refractivity (Wildman–Crippen MR) is 84.9 cm³/mol. The van der Waals surface area contributed by atoms with Crippen molar-refractivity contribution in [2.75, 3.05) is 11.9 Å². The molecular weight excluding hydrogens is 330 g/mol. The summed E-state index contributed by atoms with van der Waals surface area (Å²) in [4.78, 5) is 40.4. The molecule has 1 aliphatic heterocycles. The maximum absolute atomic E-state index is 12.3. The van der Waals surface area contributed by atoms with Crippen molar-refractivity contribution in [1.29, 1.82) is 2.86 Å². The van der Waals surface area contributed by atoms with E-state index in [2.05, 4.69) is 20.5 Å². The van der Waals surface area contributed by atoms with Gasteiger partial charge in [0, 0.05) is 11.8 Å². The van der Waals surface area contributed by atoms with Gasteiger partial charge in [-0.2, -0.15) is 4.98 Å². The SMILES string of the molecule is [2H]OC[C@H]1O[C@@H](n2ccc(NC(=O)c3ccccc3)nc2=O)C(=O)[C@H]1O[3H]. The Morgan fingerprint density at radius 3 is 2.88 bits per heavy atom. The Labute approximate surface area is 144 Å². The van der Waals surface area contributed by atoms with Crippen molar-refractivity contribution in [3.05, 3.63) is 58.6 Å². The number of Topliss-reactive ketones (excluding diaryl/α,β-unsaturated/α-hetero) is 1. The molecule has 0 aliphatic carbocycles. The highest BCUT2D eigenvalue weighted by Crippen LogP contribution is 2.24. The van der Waals surface area contributed by atoms with E-state index in [1.54, 1.807) is 30.3 Å². The summed E-state index contributed by atoms with van der Waals surface area (Å²) >= 11 is 0. The summed E-state index contributed by atoms with van der Waals surface area (Å²) in [5, 5.41) is 11.0. The van der Waals surface area contributed by atoms with Crippen LogP contribution in [-0.2, 0) is 9.53 Å². The first-order valence-electron chi connectivity index (χ1n) is 8.21. The van der Waals surface area contributed by atoms with Gasteiger partial charge in [-0.25, -0.2) is 4.79 Å². The fourth-order valence-corrected chi connectivity index (χ4v) is 2.40. The van der Waals surface area contributed by atoms with Gasteiger partial charge >= 0.3 is 5.69 Å². The van der Waals surface area contributed by atoms with E-state index in [1.165, 1.54) is 12.3 Å². The molecule has 1 aromatic heterocycles. The number of rotatable bonds is 6. The van der Waals surface area contributed by atoms with Gasteiger partial charge in [0.1, 0.15) is 18.0 Å². The number of aliphatic hydroxyl groups excluding tert-OH is 2. The second-order valence-electron chi connectivity index (χ2n) is 5.34. The monoisotopic (exact) mass is 348 g/mol. The Hall–Kier alpha value is -2.88. The lowest BCUT2D eigenvalue weighted by atomic mass is 10.1. The molecule has 0 spiro atoms. The van der Waals surface area contributed by atoms with Crippen LogP contribution in [0.2, 0.25) is 0 Å². The van der Waals surface area contributed by atoms with Crippen molar-refractivity contribution in [3.63, 3.8) is 0 Å². The minimum Gasteiger partial charge on any atom is -0.394 e. The summed E-state index contributed by atoms with van der Waals surface area (Å²) in [6, 6.07) is 9.72. The fourth-order valence-electron chi connectivity index (χ4n) is 2.40. The molecule has 0 saturated carbocycles. The summed E-state index contributed by atoms with van der Waals surface area (Å²) in [7, 11) is 0. The lowest BCUT2D eigenvalue weighted by Crippen LogP contribution is -2.32. The van der Waals surface area contributed by atoms with Gasteiger partial charge in [-0.15, -0.1) is 0 Å². The van der Waals surface area contributed by atoms with Crippen LogP contribution in [0.3, 0.4) is 0 Å². The molecule has 0 bridgehead atoms. The summed E-state index contributed by atoms with van der Waals surface area (Å²) in [5.41, 5.74) is -0.443. The Morgan fingerprint density at radius 2 is 2.20 bits per heavy atom. The molecule has 9 heteroatoms. The number of nitrogens with one attached hydrogen (secondary N) is 1. The van der Waals surface area contributed by atoms with E-state index in [1.807, 2.05) is 0 Å². The molecule has 1 aliphatic rings. The molecule has 25 heavy (non-hydrogen) atoms. The van der Waals surface area contributed by atoms with Crippen molar-refractivity contribution < 1.29 is 24.5 Å². The summed E-state index contributed by atoms with van der Waals surface area (Å²) in [5.74, 6) is -1.10. The van der Waals surface area contributed by atoms with Gasteiger partial charge in [0.25, 0.3) is 5.91 Å². The van der Waals surface area contributed by atoms with Crippen molar-refractivity contribution in [2.45, 2.75) is 18.4 Å². The van der Waals surface area contributed by atoms with Gasteiger partial charge in [0.2, 0.25) is 14.9 Å². The van der Waals surface area contributed by atoms with Crippen molar-refractivity contribution >= 4 is 17.5 Å². The highest BCUT2D eigenvalue weighted by atomic mass is 16.6. The number of amides is 1. The van der Waals surface area contributed by atoms with Crippen LogP contribution in [0.5, 0.6) is 0 Å². The average Bonchev–Trinajstić information content (AvgIpc) is 2.98. The Kier molecular flexibility index (Phi) is 4.01. The molecule has 1 fully saturated rings. The molecule has 1 saturated heterocycles. The zero-order valence-corrected chi connectivity index (χ0v) is 12.8. The minimum absolute atomic E-state index is 0.00915. The highest BCUT2D eigenvalue weighted by Gasteiger charge is 2.43. The van der Waals surface area contributed by atoms with Gasteiger partial charge in [-0.3, -0.25) is 14.2 Å². The van der Waals surface area contributed by atoms with Crippen molar-refractivity contribution in [3.8, 4) is 0 Å². The van der Waals surface area contributed by atoms with E-state index in [-0.39, 0.29) is 12.4 Å². The lowest BCUT2D eigenvalue weighted by molar-refractivity contribution is -0.130. The van der Waals surface area contributed by atoms with Gasteiger partial charge in [-0.05, 0) is 18.2 Å². The van der Waals surface area contributed by atoms with E-state index in [4.69, 9.17) is 7.60 Å². The Balaban J connectivity index is 1.78. The number of carbonyl (C=O) groups excluding carboxylic acids is 2. The van der Waals surface area contributed by atoms with Gasteiger partial charge in [0.05, 0.1) is 6.61 Å². The van der Waals surface area contributed by atoms with Crippen LogP contribution in [0.25, 0.3) is 0 Å². The lowest BCUT2D eigenvalue weighted by Gasteiger charge is -2.13. The van der Waals surface area contributed by atoms with Crippen LogP contribution in [0, 0.1) is 0 Å². The van der Waals surface area contributed by atoms with Crippen molar-refractivity contribution in [1.82, 2.24) is 9.55 Å². The number of aromatic nitrogens is 2. The largest absolute Gasteiger partial charge is 0.394 e. The summed E-state index contributed by atoms with van der Waals surface area (Å²) < 4.78 is 20.0. The average molecular weight is 348 g/mol. The Bertz CT molecular complexity index is 891. The number of ether oxygens (including phenoxy) is 1. The van der Waals surface area contributed by atoms with E-state index in [0.717, 1.165) is 4.57 Å². The first kappa shape index (κ1) is 14.5. The number of ketones is 1. The van der Waals surface area contributed by atoms with Crippen LogP contribution >= 0.6 is 0 Å². The molecule has 3 rings (SSSR count). The third-order valence-corrected chi connectivity index (χ3v) is 3.69. The normalized spacial score (nSPS) is 23.8. The first-order chi connectivity index (χ1) is 13.0. The summed E-state index contributed by atoms with van der Waals surface area (Å²) in [6.07, 6.45) is -2.41. The molecule has 9 nitrogen and oxygen atoms in total. The third kappa shape index (κ3) is 3.33. The Morgan fingerprint density at radius 1 is 1.40 bits per heavy atom. The molecule has 2 heterocycles. The fraction of sp³-hybridized carbons (Fsp3) is 0.250. The van der Waals surface area contributed by atoms with Gasteiger partial charge < -0.3 is 20.3 Å². The number of carbonyl (C=O) groups is 2. The maximum atomic E-state index is 12.3. The zero-order valence-electron chi connectivity index (χ0n) is 14.8. The van der Waals surface area contributed by atoms with Crippen molar-refractivity contribution in [2.24, 2.45) is 0 Å². The molecule has 3 N–H and O–H groups in total. The third-order valence-electron chi connectivity index (χ3n) is 3.69. The standard InChI is InChI=1S/C16H15N3O6/c20-8-10-12(21)13(22)15(25-10)19-7-6-11(18-16(19)24)17-14(23)9-4-2-1-3-5-9/h1-7,10,12,15,20-21H,8H2,(H,17,18,23,24)/t10-,12+,15-/m1/s1/i20D,21T. The van der Waals surface area contributed by atoms with E-state index < -0.39 is 35.8 Å². The number of anilines is 1. The number of aliphatic hydroxyl groups is 2. The minimum atomic E-state index is -1.36. The highest BCUT2D eigenvalue weighted by molar-refractivity contribution is 6.03. The second kappa shape index (κ2) is 6.93. The van der Waals surface area contributed by atoms with Crippen LogP contribution < -0.4 is 11.0 Å². The number of nitrogens with zero attached hydrogens (tertiary/aromatic N) is 2. The van der Waals surface area contributed by atoms with Gasteiger partial charge in [0.15, 0.2) is 0 Å². The number of hydrogen-bond acceptors (Lipinski definition) is 7. The van der Waals surface area contributed by atoms with E-state index in [0.29, 0.717) is 5.56 Å². The molecule has 3 atom stereocenters. The quantitative estimate of drug-likeness (QED) is 0.630. The van der Waals surface area contributed by atoms with Crippen LogP contribution in [0.1, 0.15) is 16.6 Å². The topological polar surface area (TPSA) is 131 Å². The van der Waals surface area contributed by atoms with Crippen LogP contribution in [0.4, 0.5) is 5.82 Å². The maximum Gasteiger partial charge on any atom is 0.352 e. The molecular formula is C16H15N3O6. The van der Waals surface area contributed by atoms with E-state index in [9.17, 15) is 14.4 Å².